The van der Waals surface area contributed by atoms with Crippen LogP contribution < -0.4 is 10.2 Å². The fraction of sp³-hybridized carbons (Fsp3) is 0.628. The molecule has 8 N–H and O–H groups in total. The lowest BCUT2D eigenvalue weighted by Gasteiger charge is -2.45. The molecule has 2 fully saturated rings. The fourth-order valence-electron chi connectivity index (χ4n) is 7.55. The number of nitrogens with zero attached hydrogens (tertiary/aromatic N) is 4. The van der Waals surface area contributed by atoms with E-state index in [9.17, 15) is 45.3 Å². The second-order valence-corrected chi connectivity index (χ2v) is 16.9. The Morgan fingerprint density at radius 1 is 0.778 bits per heavy atom. The van der Waals surface area contributed by atoms with Gasteiger partial charge in [-0.1, -0.05) is 68.4 Å². The zero-order valence-electron chi connectivity index (χ0n) is 35.8. The normalized spacial score (nSPS) is 27.2. The number of ether oxygens (including phenoxy) is 6. The van der Waals surface area contributed by atoms with Gasteiger partial charge in [-0.05, 0) is 23.5 Å². The number of fused-ring (bicyclic) bond motifs is 5. The topological polar surface area (TPSA) is 277 Å². The molecule has 3 aliphatic rings. The molecule has 348 valence electrons. The lowest BCUT2D eigenvalue weighted by Crippen LogP contribution is -2.64. The molecule has 3 aromatic rings. The van der Waals surface area contributed by atoms with Gasteiger partial charge in [-0.3, -0.25) is 9.59 Å². The molecule has 0 saturated carbocycles. The maximum Gasteiger partial charge on any atom is 0.227 e. The Labute approximate surface area is 365 Å². The Hall–Kier alpha value is -4.00. The third-order valence-electron chi connectivity index (χ3n) is 11.1. The number of nitrogens with one attached hydrogen (secondary N) is 1. The van der Waals surface area contributed by atoms with Gasteiger partial charge in [-0.25, -0.2) is 4.68 Å². The number of para-hydroxylation sites is 1. The van der Waals surface area contributed by atoms with Crippen LogP contribution in [0.2, 0.25) is 0 Å². The Bertz CT molecular complexity index is 1940. The molecule has 63 heavy (non-hydrogen) atoms. The first kappa shape index (κ1) is 48.5. The van der Waals surface area contributed by atoms with Crippen LogP contribution in [0.15, 0.2) is 48.5 Å². The standard InChI is InChI=1S/C43H61N5O15/c1-43(2,3)14-17-58-20-21-59-18-15-44-31(51)12-13-32(52)47-22-25-8-4-5-9-26(25)34-33(27-10-6-7-11-28(27)47)45-46-48(34)16-19-60-41-39(57)37(55)40(30(24-50)62-41)63-42-38(56)36(54)35(53)29(23-49)61-42/h4-11,29-30,35-42,49-50,53-57H,12-24H2,1-3H3,(H,44,51)/t29?,30-,35-,36?,37?,38?,39?,40+,41+,42-/m0/s1. The van der Waals surface area contributed by atoms with Gasteiger partial charge in [0.2, 0.25) is 11.8 Å². The molecule has 1 aromatic heterocycles. The molecule has 5 unspecified atom stereocenters. The van der Waals surface area contributed by atoms with E-state index in [1.807, 2.05) is 48.5 Å². The number of benzene rings is 2. The van der Waals surface area contributed by atoms with E-state index in [1.54, 1.807) is 9.58 Å². The molecule has 6 rings (SSSR count). The van der Waals surface area contributed by atoms with E-state index in [0.29, 0.717) is 55.6 Å². The van der Waals surface area contributed by atoms with Crippen molar-refractivity contribution in [3.8, 4) is 22.5 Å². The molecule has 20 heteroatoms. The van der Waals surface area contributed by atoms with E-state index < -0.39 is 74.6 Å². The molecular formula is C43H61N5O15. The number of hydrogen-bond acceptors (Lipinski definition) is 17. The van der Waals surface area contributed by atoms with Crippen LogP contribution >= 0.6 is 0 Å². The van der Waals surface area contributed by atoms with Gasteiger partial charge in [-0.2, -0.15) is 0 Å². The van der Waals surface area contributed by atoms with Crippen molar-refractivity contribution in [1.82, 2.24) is 20.3 Å². The second kappa shape index (κ2) is 22.3. The van der Waals surface area contributed by atoms with Gasteiger partial charge in [0, 0.05) is 37.1 Å². The molecule has 0 radical (unpaired) electrons. The zero-order valence-corrected chi connectivity index (χ0v) is 35.8. The van der Waals surface area contributed by atoms with E-state index in [0.717, 1.165) is 17.5 Å². The third-order valence-corrected chi connectivity index (χ3v) is 11.1. The summed E-state index contributed by atoms with van der Waals surface area (Å²) in [6, 6.07) is 14.8. The molecule has 2 amide bonds. The van der Waals surface area contributed by atoms with Gasteiger partial charge in [0.1, 0.15) is 54.5 Å². The minimum atomic E-state index is -1.79. The number of rotatable bonds is 19. The number of hydrogen-bond donors (Lipinski definition) is 8. The third kappa shape index (κ3) is 12.0. The minimum absolute atomic E-state index is 0.0160. The summed E-state index contributed by atoms with van der Waals surface area (Å²) in [5.41, 5.74) is 4.10. The average Bonchev–Trinajstić information content (AvgIpc) is 3.68. The number of aliphatic hydroxyl groups is 7. The molecular weight excluding hydrogens is 826 g/mol. The van der Waals surface area contributed by atoms with Gasteiger partial charge < -0.3 is 74.4 Å². The monoisotopic (exact) mass is 887 g/mol. The van der Waals surface area contributed by atoms with Crippen molar-refractivity contribution in [1.29, 1.82) is 0 Å². The van der Waals surface area contributed by atoms with Gasteiger partial charge in [0.15, 0.2) is 12.6 Å². The van der Waals surface area contributed by atoms with Crippen molar-refractivity contribution < 1.29 is 73.8 Å². The molecule has 10 atom stereocenters. The largest absolute Gasteiger partial charge is 0.394 e. The van der Waals surface area contributed by atoms with Gasteiger partial charge in [-0.15, -0.1) is 5.10 Å². The van der Waals surface area contributed by atoms with Crippen molar-refractivity contribution in [2.45, 2.75) is 115 Å². The minimum Gasteiger partial charge on any atom is -0.394 e. The van der Waals surface area contributed by atoms with Gasteiger partial charge in [0.05, 0.1) is 64.1 Å². The fourth-order valence-corrected chi connectivity index (χ4v) is 7.55. The molecule has 4 heterocycles. The average molecular weight is 888 g/mol. The first-order chi connectivity index (χ1) is 30.2. The van der Waals surface area contributed by atoms with Crippen molar-refractivity contribution in [2.75, 3.05) is 57.7 Å². The summed E-state index contributed by atoms with van der Waals surface area (Å²) in [4.78, 5) is 28.3. The van der Waals surface area contributed by atoms with Crippen LogP contribution in [0.1, 0.15) is 45.6 Å². The van der Waals surface area contributed by atoms with E-state index in [4.69, 9.17) is 28.4 Å². The quantitative estimate of drug-likeness (QED) is 0.0703. The highest BCUT2D eigenvalue weighted by atomic mass is 16.7. The summed E-state index contributed by atoms with van der Waals surface area (Å²) < 4.78 is 35.5. The zero-order chi connectivity index (χ0) is 45.3. The lowest BCUT2D eigenvalue weighted by atomic mass is 9.93. The smallest absolute Gasteiger partial charge is 0.227 e. The highest BCUT2D eigenvalue weighted by Gasteiger charge is 2.50. The van der Waals surface area contributed by atoms with Crippen LogP contribution in [-0.4, -0.2) is 177 Å². The Morgan fingerprint density at radius 2 is 1.44 bits per heavy atom. The Kier molecular flexibility index (Phi) is 17.1. The summed E-state index contributed by atoms with van der Waals surface area (Å²) in [5, 5.41) is 84.3. The predicted octanol–water partition coefficient (Wildman–Crippen LogP) is -0.535. The number of carbonyl (C=O) groups is 2. The van der Waals surface area contributed by atoms with Crippen LogP contribution in [0.5, 0.6) is 0 Å². The maximum absolute atomic E-state index is 13.9. The number of anilines is 1. The molecule has 2 saturated heterocycles. The molecule has 3 aliphatic heterocycles. The van der Waals surface area contributed by atoms with Crippen LogP contribution in [-0.2, 0) is 51.1 Å². The lowest BCUT2D eigenvalue weighted by molar-refractivity contribution is -0.359. The van der Waals surface area contributed by atoms with Gasteiger partial charge in [0.25, 0.3) is 0 Å². The van der Waals surface area contributed by atoms with E-state index in [-0.39, 0.29) is 49.8 Å². The second-order valence-electron chi connectivity index (χ2n) is 16.9. The summed E-state index contributed by atoms with van der Waals surface area (Å²) in [6.45, 7) is 7.40. The summed E-state index contributed by atoms with van der Waals surface area (Å²) in [6.07, 6.45) is -14.9. The molecule has 20 nitrogen and oxygen atoms in total. The van der Waals surface area contributed by atoms with Crippen LogP contribution in [0.4, 0.5) is 5.69 Å². The molecule has 0 spiro atoms. The maximum atomic E-state index is 13.9. The SMILES string of the molecule is CC(C)(C)CCOCCOCCNC(=O)CCC(=O)N1Cc2ccccc2-c2c(nnn2CCO[C@@H]2O[C@@H](CO)[C@@H](O[C@@H]3OC(CO)[C@H](O)C(O)C3O)C(O)C2O)-c2ccccc21. The number of amides is 2. The first-order valence-corrected chi connectivity index (χ1v) is 21.3. The van der Waals surface area contributed by atoms with E-state index in [2.05, 4.69) is 36.4 Å². The molecule has 0 aliphatic carbocycles. The van der Waals surface area contributed by atoms with Crippen LogP contribution in [0.3, 0.4) is 0 Å². The summed E-state index contributed by atoms with van der Waals surface area (Å²) in [7, 11) is 0. The van der Waals surface area contributed by atoms with Crippen LogP contribution in [0, 0.1) is 5.41 Å². The molecule has 0 bridgehead atoms. The van der Waals surface area contributed by atoms with Gasteiger partial charge >= 0.3 is 0 Å². The predicted molar refractivity (Wildman–Crippen MR) is 222 cm³/mol. The summed E-state index contributed by atoms with van der Waals surface area (Å²) >= 11 is 0. The highest BCUT2D eigenvalue weighted by molar-refractivity contribution is 6.01. The first-order valence-electron chi connectivity index (χ1n) is 21.3. The van der Waals surface area contributed by atoms with Crippen molar-refractivity contribution in [3.63, 3.8) is 0 Å². The Balaban J connectivity index is 1.07. The number of carbonyl (C=O) groups excluding carboxylic acids is 2. The molecule has 2 aromatic carbocycles. The number of aromatic nitrogens is 3. The van der Waals surface area contributed by atoms with Crippen molar-refractivity contribution in [3.05, 3.63) is 54.1 Å². The Morgan fingerprint density at radius 3 is 2.17 bits per heavy atom. The van der Waals surface area contributed by atoms with E-state index >= 15 is 0 Å². The van der Waals surface area contributed by atoms with Crippen molar-refractivity contribution >= 4 is 17.5 Å². The van der Waals surface area contributed by atoms with Crippen molar-refractivity contribution in [2.24, 2.45) is 5.41 Å². The summed E-state index contributed by atoms with van der Waals surface area (Å²) in [5.74, 6) is -0.522. The van der Waals surface area contributed by atoms with Crippen LogP contribution in [0.25, 0.3) is 22.5 Å². The van der Waals surface area contributed by atoms with E-state index in [1.165, 1.54) is 0 Å². The highest BCUT2D eigenvalue weighted by Crippen LogP contribution is 2.41. The number of aliphatic hydroxyl groups excluding tert-OH is 7.